The van der Waals surface area contributed by atoms with E-state index in [1.165, 1.54) is 59.9 Å². The van der Waals surface area contributed by atoms with Gasteiger partial charge in [-0.2, -0.15) is 33.7 Å². The molecule has 0 amide bonds. The molecular formula is C46H33NO16S5. The van der Waals surface area contributed by atoms with E-state index in [4.69, 9.17) is 9.47 Å². The van der Waals surface area contributed by atoms with Gasteiger partial charge in [-0.1, -0.05) is 55.8 Å². The Labute approximate surface area is 390 Å². The van der Waals surface area contributed by atoms with Gasteiger partial charge < -0.3 is 9.47 Å². The van der Waals surface area contributed by atoms with Crippen molar-refractivity contribution in [2.24, 2.45) is 0 Å². The van der Waals surface area contributed by atoms with Crippen LogP contribution in [-0.4, -0.2) is 56.4 Å². The molecule has 4 N–H and O–H groups in total. The Morgan fingerprint density at radius 2 is 0.926 bits per heavy atom. The molecule has 0 bridgehead atoms. The fraction of sp³-hybridized carbons (Fsp3) is 0.0870. The van der Waals surface area contributed by atoms with E-state index in [1.54, 1.807) is 24.3 Å². The molecule has 7 aromatic carbocycles. The Hall–Kier alpha value is -6.60. The fourth-order valence-corrected chi connectivity index (χ4v) is 11.1. The molecule has 0 unspecified atom stereocenters. The third kappa shape index (κ3) is 8.50. The lowest BCUT2D eigenvalue weighted by molar-refractivity contribution is 0.478. The Morgan fingerprint density at radius 1 is 0.485 bits per heavy atom. The molecule has 17 nitrogen and oxygen atoms in total. The zero-order valence-electron chi connectivity index (χ0n) is 34.8. The summed E-state index contributed by atoms with van der Waals surface area (Å²) in [6.45, 7) is 1.91. The van der Waals surface area contributed by atoms with Gasteiger partial charge in [-0.25, -0.2) is 0 Å². The maximum absolute atomic E-state index is 14.6. The van der Waals surface area contributed by atoms with Crippen LogP contribution < -0.4 is 20.6 Å². The number of ether oxygens (including phenoxy) is 2. The minimum absolute atomic E-state index is 0.0285. The number of hydrogen-bond donors (Lipinski definition) is 4. The maximum atomic E-state index is 14.6. The number of benzene rings is 7. The Kier molecular flexibility index (Phi) is 11.5. The van der Waals surface area contributed by atoms with Gasteiger partial charge in [-0.05, 0) is 96.4 Å². The average molecular weight is 1020 g/mol. The first kappa shape index (κ1) is 46.5. The summed E-state index contributed by atoms with van der Waals surface area (Å²) in [6.07, 6.45) is 1.07. The van der Waals surface area contributed by atoms with Gasteiger partial charge in [-0.15, -0.1) is 11.3 Å². The highest BCUT2D eigenvalue weighted by molar-refractivity contribution is 7.86. The van der Waals surface area contributed by atoms with Gasteiger partial charge in [0.05, 0.1) is 35.1 Å². The van der Waals surface area contributed by atoms with Crippen LogP contribution in [0.5, 0.6) is 23.0 Å². The SMILES string of the molecule is CCCCn1c(=O)c2cc(Oc3ccc(S(=O)(=O)O)cc3-c3ccc(S(=O)(=O)O)cc3)c3sc4ccccc4c4c(Oc5ccc(S(=O)(=O)O)cc5-c5ccc(S(=O)(=O)O)cc5)cc(c1=O)c2c34. The number of fused-ring (bicyclic) bond motifs is 2. The van der Waals surface area contributed by atoms with Crippen molar-refractivity contribution < 1.29 is 61.4 Å². The van der Waals surface area contributed by atoms with Crippen molar-refractivity contribution >= 4 is 93.5 Å². The number of rotatable bonds is 13. The van der Waals surface area contributed by atoms with Gasteiger partial charge in [0.2, 0.25) is 0 Å². The van der Waals surface area contributed by atoms with E-state index in [0.717, 1.165) is 53.1 Å². The molecule has 0 radical (unpaired) electrons. The van der Waals surface area contributed by atoms with E-state index in [9.17, 15) is 61.5 Å². The summed E-state index contributed by atoms with van der Waals surface area (Å²) < 4.78 is 152. The summed E-state index contributed by atoms with van der Waals surface area (Å²) in [4.78, 5) is 27.1. The standard InChI is InChI=1S/C46H33NO16S5/c1-2-3-20-47-45(48)34-23-38(62-36-18-16-29(67(56,57)58)21-32(36)25-8-12-27(13-9-25)65(50,51)52)42-31-6-4-5-7-40(31)64-44-39(24-35(46(47)49)41(34)43(42)44)63-37-19-17-30(68(59,60)61)22-33(37)26-10-14-28(15-11-26)66(53,54)55/h4-19,21-24H,2-3,20H2,1H3,(H,50,51,52)(H,53,54,55)(H,56,57,58)(H,59,60,61). The summed E-state index contributed by atoms with van der Waals surface area (Å²) >= 11 is 1.22. The molecule has 0 saturated carbocycles. The summed E-state index contributed by atoms with van der Waals surface area (Å²) in [5, 5.41) is 1.63. The Morgan fingerprint density at radius 3 is 1.40 bits per heavy atom. The van der Waals surface area contributed by atoms with Gasteiger partial charge in [0.1, 0.15) is 23.0 Å². The minimum Gasteiger partial charge on any atom is -0.456 e. The highest BCUT2D eigenvalue weighted by Crippen LogP contribution is 2.51. The fourth-order valence-electron chi connectivity index (χ4n) is 8.01. The topological polar surface area (TPSA) is 275 Å². The molecule has 0 aliphatic heterocycles. The van der Waals surface area contributed by atoms with Crippen molar-refractivity contribution in [1.29, 1.82) is 0 Å². The lowest BCUT2D eigenvalue weighted by Gasteiger charge is -2.21. The van der Waals surface area contributed by atoms with Crippen LogP contribution in [0.25, 0.3) is 64.0 Å². The van der Waals surface area contributed by atoms with Crippen LogP contribution in [0.3, 0.4) is 0 Å². The third-order valence-electron chi connectivity index (χ3n) is 11.2. The quantitative estimate of drug-likeness (QED) is 0.0476. The summed E-state index contributed by atoms with van der Waals surface area (Å²) in [5.41, 5.74) is -0.819. The van der Waals surface area contributed by atoms with Crippen LogP contribution in [0.4, 0.5) is 0 Å². The van der Waals surface area contributed by atoms with Gasteiger partial charge in [0.15, 0.2) is 0 Å². The monoisotopic (exact) mass is 1020 g/mol. The van der Waals surface area contributed by atoms with Crippen LogP contribution in [0.1, 0.15) is 19.8 Å². The Bertz CT molecular complexity index is 4120. The minimum atomic E-state index is -4.80. The van der Waals surface area contributed by atoms with Crippen molar-refractivity contribution in [2.75, 3.05) is 0 Å². The van der Waals surface area contributed by atoms with E-state index in [-0.39, 0.29) is 68.0 Å². The number of pyridine rings is 1. The second-order valence-electron chi connectivity index (χ2n) is 15.5. The molecule has 0 aliphatic rings. The van der Waals surface area contributed by atoms with Crippen molar-refractivity contribution in [1.82, 2.24) is 4.57 Å². The molecule has 0 spiro atoms. The second kappa shape index (κ2) is 16.9. The first-order valence-corrected chi connectivity index (χ1v) is 26.7. The van der Waals surface area contributed by atoms with Crippen LogP contribution in [0, 0.1) is 0 Å². The van der Waals surface area contributed by atoms with Crippen LogP contribution in [0.15, 0.2) is 150 Å². The largest absolute Gasteiger partial charge is 0.456 e. The first-order valence-electron chi connectivity index (χ1n) is 20.1. The van der Waals surface area contributed by atoms with E-state index >= 15 is 0 Å². The highest BCUT2D eigenvalue weighted by Gasteiger charge is 2.27. The lowest BCUT2D eigenvalue weighted by Crippen LogP contribution is -2.33. The average Bonchev–Trinajstić information content (AvgIpc) is 3.28. The predicted molar refractivity (Wildman–Crippen MR) is 254 cm³/mol. The second-order valence-corrected chi connectivity index (χ2v) is 22.2. The van der Waals surface area contributed by atoms with E-state index in [1.807, 2.05) is 6.92 Å². The molecule has 0 fully saturated rings. The number of nitrogens with zero attached hydrogens (tertiary/aromatic N) is 1. The van der Waals surface area contributed by atoms with E-state index in [0.29, 0.717) is 38.4 Å². The normalized spacial score (nSPS) is 12.7. The molecule has 22 heteroatoms. The van der Waals surface area contributed by atoms with Crippen molar-refractivity contribution in [3.63, 3.8) is 0 Å². The molecular weight excluding hydrogens is 983 g/mol. The van der Waals surface area contributed by atoms with Gasteiger partial charge in [-0.3, -0.25) is 32.4 Å². The molecule has 9 aromatic rings. The zero-order valence-corrected chi connectivity index (χ0v) is 38.9. The summed E-state index contributed by atoms with van der Waals surface area (Å²) in [5.74, 6) is 0.0203. The maximum Gasteiger partial charge on any atom is 0.294 e. The molecule has 2 aromatic heterocycles. The summed E-state index contributed by atoms with van der Waals surface area (Å²) in [7, 11) is -18.9. The number of hydrogen-bond acceptors (Lipinski definition) is 13. The van der Waals surface area contributed by atoms with Crippen LogP contribution in [0.2, 0.25) is 0 Å². The highest BCUT2D eigenvalue weighted by atomic mass is 32.2. The molecule has 0 aliphatic carbocycles. The van der Waals surface area contributed by atoms with Crippen LogP contribution >= 0.6 is 11.3 Å². The molecule has 348 valence electrons. The predicted octanol–water partition coefficient (Wildman–Crippen LogP) is 9.03. The molecule has 0 saturated heterocycles. The number of unbranched alkanes of at least 4 members (excludes halogenated alkanes) is 1. The Balaban J connectivity index is 1.36. The molecule has 68 heavy (non-hydrogen) atoms. The molecule has 9 rings (SSSR count). The zero-order chi connectivity index (χ0) is 48.7. The smallest absolute Gasteiger partial charge is 0.294 e. The molecule has 2 heterocycles. The number of aromatic nitrogens is 1. The van der Waals surface area contributed by atoms with Crippen molar-refractivity contribution in [3.05, 3.63) is 142 Å². The third-order valence-corrected chi connectivity index (χ3v) is 15.8. The van der Waals surface area contributed by atoms with Crippen molar-refractivity contribution in [2.45, 2.75) is 45.9 Å². The van der Waals surface area contributed by atoms with Crippen LogP contribution in [-0.2, 0) is 47.0 Å². The summed E-state index contributed by atoms with van der Waals surface area (Å²) in [6, 6.07) is 26.4. The lowest BCUT2D eigenvalue weighted by atomic mass is 9.96. The van der Waals surface area contributed by atoms with Crippen molar-refractivity contribution in [3.8, 4) is 45.3 Å². The van der Waals surface area contributed by atoms with E-state index in [2.05, 4.69) is 0 Å². The van der Waals surface area contributed by atoms with Gasteiger partial charge >= 0.3 is 0 Å². The molecule has 0 atom stereocenters. The van der Waals surface area contributed by atoms with E-state index < -0.39 is 71.2 Å². The first-order chi connectivity index (χ1) is 32.0. The van der Waals surface area contributed by atoms with Gasteiger partial charge in [0.25, 0.3) is 51.6 Å². The van der Waals surface area contributed by atoms with Gasteiger partial charge in [0, 0.05) is 43.9 Å².